The highest BCUT2D eigenvalue weighted by Crippen LogP contribution is 2.31. The SMILES string of the molecule is CC(Cc1cc(C(F)(F)F)cnc1Cl)C(=O)O. The van der Waals surface area contributed by atoms with Gasteiger partial charge in [-0.2, -0.15) is 13.2 Å². The van der Waals surface area contributed by atoms with Gasteiger partial charge in [-0.1, -0.05) is 18.5 Å². The summed E-state index contributed by atoms with van der Waals surface area (Å²) in [5, 5.41) is 8.57. The minimum atomic E-state index is -4.52. The lowest BCUT2D eigenvalue weighted by molar-refractivity contribution is -0.141. The van der Waals surface area contributed by atoms with Crippen LogP contribution in [-0.2, 0) is 17.4 Å². The number of hydrogen-bond acceptors (Lipinski definition) is 2. The van der Waals surface area contributed by atoms with E-state index in [0.717, 1.165) is 6.07 Å². The summed E-state index contributed by atoms with van der Waals surface area (Å²) in [6, 6.07) is 0.828. The predicted molar refractivity (Wildman–Crippen MR) is 54.8 cm³/mol. The van der Waals surface area contributed by atoms with E-state index in [9.17, 15) is 18.0 Å². The molecular formula is C10H9ClF3NO2. The lowest BCUT2D eigenvalue weighted by Gasteiger charge is -2.11. The summed E-state index contributed by atoms with van der Waals surface area (Å²) < 4.78 is 37.2. The molecule has 1 aromatic rings. The minimum Gasteiger partial charge on any atom is -0.481 e. The topological polar surface area (TPSA) is 50.2 Å². The molecular weight excluding hydrogens is 259 g/mol. The lowest BCUT2D eigenvalue weighted by Crippen LogP contribution is -2.14. The van der Waals surface area contributed by atoms with Crippen LogP contribution in [0.1, 0.15) is 18.1 Å². The van der Waals surface area contributed by atoms with Crippen LogP contribution in [0.2, 0.25) is 5.15 Å². The van der Waals surface area contributed by atoms with E-state index in [1.165, 1.54) is 6.92 Å². The Balaban J connectivity index is 3.03. The molecule has 0 saturated heterocycles. The molecule has 1 atom stereocenters. The number of carboxylic acid groups (broad SMARTS) is 1. The number of pyridine rings is 1. The highest BCUT2D eigenvalue weighted by Gasteiger charge is 2.31. The zero-order valence-electron chi connectivity index (χ0n) is 8.75. The maximum atomic E-state index is 12.4. The predicted octanol–water partition coefficient (Wildman–Crippen LogP) is 3.02. The number of aromatic nitrogens is 1. The van der Waals surface area contributed by atoms with Crippen LogP contribution < -0.4 is 0 Å². The molecule has 0 bridgehead atoms. The standard InChI is InChI=1S/C10H9ClF3NO2/c1-5(9(16)17)2-6-3-7(10(12,13)14)4-15-8(6)11/h3-5H,2H2,1H3,(H,16,17). The maximum Gasteiger partial charge on any atom is 0.417 e. The summed E-state index contributed by atoms with van der Waals surface area (Å²) in [6.07, 6.45) is -3.98. The maximum absolute atomic E-state index is 12.4. The van der Waals surface area contributed by atoms with Crippen LogP contribution in [0, 0.1) is 5.92 Å². The Morgan fingerprint density at radius 2 is 2.18 bits per heavy atom. The zero-order valence-corrected chi connectivity index (χ0v) is 9.51. The molecule has 1 N–H and O–H groups in total. The molecule has 3 nitrogen and oxygen atoms in total. The summed E-state index contributed by atoms with van der Waals surface area (Å²) in [4.78, 5) is 14.0. The van der Waals surface area contributed by atoms with Gasteiger partial charge >= 0.3 is 12.1 Å². The Morgan fingerprint density at radius 1 is 1.59 bits per heavy atom. The van der Waals surface area contributed by atoms with Crippen LogP contribution in [0.15, 0.2) is 12.3 Å². The third kappa shape index (κ3) is 3.59. The van der Waals surface area contributed by atoms with Gasteiger partial charge in [-0.25, -0.2) is 4.98 Å². The summed E-state index contributed by atoms with van der Waals surface area (Å²) in [5.41, 5.74) is -0.856. The van der Waals surface area contributed by atoms with Crippen LogP contribution in [0.5, 0.6) is 0 Å². The van der Waals surface area contributed by atoms with E-state index in [4.69, 9.17) is 16.7 Å². The first-order chi connectivity index (χ1) is 7.71. The van der Waals surface area contributed by atoms with Gasteiger partial charge in [0.25, 0.3) is 0 Å². The van der Waals surface area contributed by atoms with Crippen LogP contribution in [0.3, 0.4) is 0 Å². The molecule has 7 heteroatoms. The quantitative estimate of drug-likeness (QED) is 0.857. The van der Waals surface area contributed by atoms with Crippen molar-refractivity contribution in [2.75, 3.05) is 0 Å². The minimum absolute atomic E-state index is 0.0800. The first-order valence-electron chi connectivity index (χ1n) is 4.66. The first kappa shape index (κ1) is 13.8. The number of carbonyl (C=O) groups is 1. The van der Waals surface area contributed by atoms with Crippen molar-refractivity contribution in [3.63, 3.8) is 0 Å². The lowest BCUT2D eigenvalue weighted by atomic mass is 10.0. The van der Waals surface area contributed by atoms with Crippen molar-refractivity contribution in [3.05, 3.63) is 28.5 Å². The number of halogens is 4. The molecule has 0 spiro atoms. The van der Waals surface area contributed by atoms with E-state index >= 15 is 0 Å². The largest absolute Gasteiger partial charge is 0.481 e. The molecule has 1 heterocycles. The molecule has 0 radical (unpaired) electrons. The Bertz CT molecular complexity index is 434. The van der Waals surface area contributed by atoms with Gasteiger partial charge in [0.05, 0.1) is 11.5 Å². The second kappa shape index (κ2) is 4.91. The molecule has 0 amide bonds. The fourth-order valence-electron chi connectivity index (χ4n) is 1.21. The van der Waals surface area contributed by atoms with Crippen molar-refractivity contribution in [1.82, 2.24) is 4.98 Å². The van der Waals surface area contributed by atoms with E-state index in [2.05, 4.69) is 4.98 Å². The number of hydrogen-bond donors (Lipinski definition) is 1. The van der Waals surface area contributed by atoms with E-state index < -0.39 is 23.6 Å². The molecule has 0 aromatic carbocycles. The van der Waals surface area contributed by atoms with Gasteiger partial charge in [-0.15, -0.1) is 0 Å². The first-order valence-corrected chi connectivity index (χ1v) is 5.04. The van der Waals surface area contributed by atoms with Crippen molar-refractivity contribution >= 4 is 17.6 Å². The molecule has 0 fully saturated rings. The number of carboxylic acids is 1. The average molecular weight is 268 g/mol. The van der Waals surface area contributed by atoms with E-state index in [-0.39, 0.29) is 17.1 Å². The molecule has 0 aliphatic carbocycles. The fraction of sp³-hybridized carbons (Fsp3) is 0.400. The summed E-state index contributed by atoms with van der Waals surface area (Å²) in [6.45, 7) is 1.39. The van der Waals surface area contributed by atoms with Crippen LogP contribution in [-0.4, -0.2) is 16.1 Å². The molecule has 0 aliphatic heterocycles. The average Bonchev–Trinajstić information content (AvgIpc) is 2.19. The monoisotopic (exact) mass is 267 g/mol. The van der Waals surface area contributed by atoms with Crippen LogP contribution in [0.4, 0.5) is 13.2 Å². The third-order valence-electron chi connectivity index (χ3n) is 2.19. The van der Waals surface area contributed by atoms with Gasteiger partial charge < -0.3 is 5.11 Å². The molecule has 1 aromatic heterocycles. The van der Waals surface area contributed by atoms with Crippen molar-refractivity contribution in [2.24, 2.45) is 5.92 Å². The number of rotatable bonds is 3. The van der Waals surface area contributed by atoms with Gasteiger partial charge in [-0.3, -0.25) is 4.79 Å². The Hall–Kier alpha value is -1.30. The van der Waals surface area contributed by atoms with Gasteiger partial charge in [0.2, 0.25) is 0 Å². The molecule has 94 valence electrons. The number of nitrogens with zero attached hydrogens (tertiary/aromatic N) is 1. The fourth-order valence-corrected chi connectivity index (χ4v) is 1.39. The second-order valence-electron chi connectivity index (χ2n) is 3.62. The van der Waals surface area contributed by atoms with Crippen molar-refractivity contribution in [3.8, 4) is 0 Å². The Morgan fingerprint density at radius 3 is 2.65 bits per heavy atom. The molecule has 1 rings (SSSR count). The van der Waals surface area contributed by atoms with Gasteiger partial charge in [0, 0.05) is 6.20 Å². The summed E-state index contributed by atoms with van der Waals surface area (Å²) in [5.74, 6) is -1.92. The molecule has 0 aliphatic rings. The number of aliphatic carboxylic acids is 1. The van der Waals surface area contributed by atoms with Crippen LogP contribution in [0.25, 0.3) is 0 Å². The zero-order chi connectivity index (χ0) is 13.2. The molecule has 1 unspecified atom stereocenters. The van der Waals surface area contributed by atoms with Crippen molar-refractivity contribution in [2.45, 2.75) is 19.5 Å². The Kier molecular flexibility index (Phi) is 3.98. The molecule has 17 heavy (non-hydrogen) atoms. The highest BCUT2D eigenvalue weighted by molar-refractivity contribution is 6.30. The smallest absolute Gasteiger partial charge is 0.417 e. The normalized spacial score (nSPS) is 13.5. The van der Waals surface area contributed by atoms with Gasteiger partial charge in [0.1, 0.15) is 5.15 Å². The van der Waals surface area contributed by atoms with Gasteiger partial charge in [-0.05, 0) is 18.1 Å². The van der Waals surface area contributed by atoms with E-state index in [0.29, 0.717) is 6.20 Å². The highest BCUT2D eigenvalue weighted by atomic mass is 35.5. The van der Waals surface area contributed by atoms with Crippen molar-refractivity contribution in [1.29, 1.82) is 0 Å². The van der Waals surface area contributed by atoms with Gasteiger partial charge in [0.15, 0.2) is 0 Å². The summed E-state index contributed by atoms with van der Waals surface area (Å²) in [7, 11) is 0. The summed E-state index contributed by atoms with van der Waals surface area (Å²) >= 11 is 5.62. The van der Waals surface area contributed by atoms with E-state index in [1.54, 1.807) is 0 Å². The van der Waals surface area contributed by atoms with E-state index in [1.807, 2.05) is 0 Å². The second-order valence-corrected chi connectivity index (χ2v) is 3.97. The number of alkyl halides is 3. The third-order valence-corrected chi connectivity index (χ3v) is 2.53. The van der Waals surface area contributed by atoms with Crippen LogP contribution >= 0.6 is 11.6 Å². The molecule has 0 saturated carbocycles. The Labute approximate surface area is 100 Å². The van der Waals surface area contributed by atoms with Crippen molar-refractivity contribution < 1.29 is 23.1 Å².